The van der Waals surface area contributed by atoms with E-state index >= 15 is 4.39 Å². The van der Waals surface area contributed by atoms with Gasteiger partial charge in [-0.3, -0.25) is 4.79 Å². The van der Waals surface area contributed by atoms with Gasteiger partial charge in [-0.15, -0.1) is 5.10 Å². The van der Waals surface area contributed by atoms with Crippen molar-refractivity contribution in [2.24, 2.45) is 0 Å². The molecule has 0 unspecified atom stereocenters. The quantitative estimate of drug-likeness (QED) is 0.246. The van der Waals surface area contributed by atoms with E-state index in [2.05, 4.69) is 70.6 Å². The Morgan fingerprint density at radius 3 is 2.69 bits per heavy atom. The molecule has 0 atom stereocenters. The summed E-state index contributed by atoms with van der Waals surface area (Å²) < 4.78 is 43.7. The Kier molecular flexibility index (Phi) is 7.40. The molecular formula is C24H30BrF2N5O3Si. The van der Waals surface area contributed by atoms with Crippen LogP contribution in [-0.2, 0) is 17.4 Å². The summed E-state index contributed by atoms with van der Waals surface area (Å²) in [6.45, 7) is 12.2. The van der Waals surface area contributed by atoms with Crippen molar-refractivity contribution >= 4 is 41.6 Å². The van der Waals surface area contributed by atoms with E-state index in [1.165, 1.54) is 16.7 Å². The van der Waals surface area contributed by atoms with E-state index in [0.717, 1.165) is 0 Å². The maximum absolute atomic E-state index is 15.3. The van der Waals surface area contributed by atoms with Gasteiger partial charge in [0.25, 0.3) is 11.4 Å². The summed E-state index contributed by atoms with van der Waals surface area (Å²) in [6, 6.07) is 4.47. The highest BCUT2D eigenvalue weighted by molar-refractivity contribution is 9.10. The molecule has 0 aliphatic carbocycles. The Balaban J connectivity index is 1.62. The number of benzene rings is 1. The van der Waals surface area contributed by atoms with Gasteiger partial charge in [0.15, 0.2) is 8.32 Å². The van der Waals surface area contributed by atoms with Crippen LogP contribution in [-0.4, -0.2) is 36.2 Å². The normalized spacial score (nSPS) is 13.7. The molecule has 36 heavy (non-hydrogen) atoms. The lowest BCUT2D eigenvalue weighted by molar-refractivity contribution is 0.300. The summed E-state index contributed by atoms with van der Waals surface area (Å²) in [7, 11) is -1.89. The first-order valence-corrected chi connectivity index (χ1v) is 15.5. The Morgan fingerprint density at radius 2 is 2.00 bits per heavy atom. The SMILES string of the molecule is CC(C)(C)[Si](C)(C)OCCNc1nnc(-c2c(Nc3ccc(Br)cc3F)c(F)c(=O)n3c2CCC3)o1. The molecule has 8 nitrogen and oxygen atoms in total. The number of aromatic nitrogens is 3. The fraction of sp³-hybridized carbons (Fsp3) is 0.458. The van der Waals surface area contributed by atoms with Crippen molar-refractivity contribution < 1.29 is 17.6 Å². The van der Waals surface area contributed by atoms with E-state index < -0.39 is 25.5 Å². The predicted octanol–water partition coefficient (Wildman–Crippen LogP) is 6.06. The van der Waals surface area contributed by atoms with E-state index in [0.29, 0.717) is 42.7 Å². The minimum Gasteiger partial charge on any atom is -0.415 e. The zero-order valence-electron chi connectivity index (χ0n) is 21.0. The summed E-state index contributed by atoms with van der Waals surface area (Å²) in [5.41, 5.74) is -0.123. The monoisotopic (exact) mass is 581 g/mol. The summed E-state index contributed by atoms with van der Waals surface area (Å²) in [5.74, 6) is -1.61. The van der Waals surface area contributed by atoms with Crippen LogP contribution in [0.2, 0.25) is 18.1 Å². The van der Waals surface area contributed by atoms with Crippen LogP contribution in [0.1, 0.15) is 32.9 Å². The molecule has 4 rings (SSSR count). The van der Waals surface area contributed by atoms with Crippen LogP contribution in [0.15, 0.2) is 31.9 Å². The van der Waals surface area contributed by atoms with Crippen LogP contribution in [0.4, 0.5) is 26.2 Å². The van der Waals surface area contributed by atoms with Crippen LogP contribution < -0.4 is 16.2 Å². The minimum atomic E-state index is -1.89. The predicted molar refractivity (Wildman–Crippen MR) is 141 cm³/mol. The van der Waals surface area contributed by atoms with Gasteiger partial charge in [0.05, 0.1) is 23.5 Å². The van der Waals surface area contributed by atoms with E-state index in [-0.39, 0.29) is 33.9 Å². The van der Waals surface area contributed by atoms with Crippen molar-refractivity contribution in [2.75, 3.05) is 23.8 Å². The molecule has 0 spiro atoms. The van der Waals surface area contributed by atoms with Gasteiger partial charge in [0, 0.05) is 23.3 Å². The number of nitrogens with one attached hydrogen (secondary N) is 2. The fourth-order valence-electron chi connectivity index (χ4n) is 3.79. The first kappa shape index (κ1) is 26.5. The Morgan fingerprint density at radius 1 is 1.25 bits per heavy atom. The van der Waals surface area contributed by atoms with Gasteiger partial charge in [-0.1, -0.05) is 41.8 Å². The molecule has 0 saturated carbocycles. The molecule has 0 fully saturated rings. The number of rotatable bonds is 8. The van der Waals surface area contributed by atoms with E-state index in [4.69, 9.17) is 8.84 Å². The highest BCUT2D eigenvalue weighted by atomic mass is 79.9. The number of hydrogen-bond donors (Lipinski definition) is 2. The largest absolute Gasteiger partial charge is 0.415 e. The molecule has 12 heteroatoms. The van der Waals surface area contributed by atoms with E-state index in [1.807, 2.05) is 0 Å². The van der Waals surface area contributed by atoms with Crippen LogP contribution >= 0.6 is 15.9 Å². The van der Waals surface area contributed by atoms with Crippen molar-refractivity contribution in [3.63, 3.8) is 0 Å². The summed E-state index contributed by atoms with van der Waals surface area (Å²) >= 11 is 3.21. The maximum Gasteiger partial charge on any atom is 0.315 e. The standard InChI is InChI=1S/C24H30BrF2N5O3Si/c1-24(2,3)36(4,5)34-12-10-28-23-31-30-21(35-23)18-17-7-6-11-32(17)22(33)19(27)20(18)29-16-9-8-14(25)13-15(16)26/h8-9,13,29H,6-7,10-12H2,1-5H3,(H,28,31). The Labute approximate surface area is 217 Å². The molecule has 2 N–H and O–H groups in total. The second kappa shape index (κ2) is 10.1. The third kappa shape index (κ3) is 5.25. The lowest BCUT2D eigenvalue weighted by Crippen LogP contribution is -2.41. The molecule has 194 valence electrons. The fourth-order valence-corrected chi connectivity index (χ4v) is 5.17. The zero-order valence-corrected chi connectivity index (χ0v) is 23.6. The molecule has 1 aliphatic heterocycles. The zero-order chi connectivity index (χ0) is 26.3. The second-order valence-electron chi connectivity index (χ2n) is 10.3. The Hall–Kier alpha value is -2.57. The van der Waals surface area contributed by atoms with E-state index in [1.54, 1.807) is 6.07 Å². The van der Waals surface area contributed by atoms with Gasteiger partial charge in [-0.05, 0) is 49.2 Å². The van der Waals surface area contributed by atoms with Crippen molar-refractivity contribution in [3.05, 3.63) is 50.4 Å². The molecule has 0 amide bonds. The van der Waals surface area contributed by atoms with Gasteiger partial charge in [0.2, 0.25) is 5.82 Å². The first-order chi connectivity index (χ1) is 16.9. The Bertz CT molecular complexity index is 1340. The van der Waals surface area contributed by atoms with Gasteiger partial charge in [0.1, 0.15) is 5.82 Å². The number of hydrogen-bond acceptors (Lipinski definition) is 7. The summed E-state index contributed by atoms with van der Waals surface area (Å²) in [5, 5.41) is 14.0. The first-order valence-electron chi connectivity index (χ1n) is 11.8. The number of fused-ring (bicyclic) bond motifs is 1. The number of nitrogens with zero attached hydrogens (tertiary/aromatic N) is 3. The highest BCUT2D eigenvalue weighted by Crippen LogP contribution is 2.38. The van der Waals surface area contributed by atoms with Crippen LogP contribution in [0.25, 0.3) is 11.5 Å². The van der Waals surface area contributed by atoms with E-state index in [9.17, 15) is 9.18 Å². The summed E-state index contributed by atoms with van der Waals surface area (Å²) in [6.07, 6.45) is 1.19. The molecule has 1 aliphatic rings. The summed E-state index contributed by atoms with van der Waals surface area (Å²) in [4.78, 5) is 12.7. The third-order valence-corrected chi connectivity index (χ3v) is 11.8. The van der Waals surface area contributed by atoms with Crippen LogP contribution in [0.3, 0.4) is 0 Å². The topological polar surface area (TPSA) is 94.2 Å². The molecule has 3 heterocycles. The van der Waals surface area contributed by atoms with Crippen LogP contribution in [0, 0.1) is 11.6 Å². The minimum absolute atomic E-state index is 0.0151. The van der Waals surface area contributed by atoms with Crippen LogP contribution in [0.5, 0.6) is 0 Å². The molecule has 0 saturated heterocycles. The van der Waals surface area contributed by atoms with Gasteiger partial charge in [-0.2, -0.15) is 4.39 Å². The average molecular weight is 583 g/mol. The lowest BCUT2D eigenvalue weighted by atomic mass is 10.1. The smallest absolute Gasteiger partial charge is 0.315 e. The molecule has 2 aromatic heterocycles. The number of halogens is 3. The highest BCUT2D eigenvalue weighted by Gasteiger charge is 2.37. The molecule has 3 aromatic rings. The van der Waals surface area contributed by atoms with Gasteiger partial charge < -0.3 is 24.0 Å². The molecule has 0 radical (unpaired) electrons. The molecular weight excluding hydrogens is 552 g/mol. The third-order valence-electron chi connectivity index (χ3n) is 6.79. The molecule has 1 aromatic carbocycles. The average Bonchev–Trinajstić information content (AvgIpc) is 3.46. The van der Waals surface area contributed by atoms with Crippen molar-refractivity contribution in [2.45, 2.75) is 58.3 Å². The molecule has 0 bridgehead atoms. The van der Waals surface area contributed by atoms with Crippen molar-refractivity contribution in [1.29, 1.82) is 0 Å². The number of anilines is 3. The van der Waals surface area contributed by atoms with Gasteiger partial charge in [-0.25, -0.2) is 4.39 Å². The maximum atomic E-state index is 15.3. The van der Waals surface area contributed by atoms with Crippen molar-refractivity contribution in [3.8, 4) is 11.5 Å². The van der Waals surface area contributed by atoms with Crippen molar-refractivity contribution in [1.82, 2.24) is 14.8 Å². The number of pyridine rings is 1. The van der Waals surface area contributed by atoms with Gasteiger partial charge >= 0.3 is 6.01 Å². The lowest BCUT2D eigenvalue weighted by Gasteiger charge is -2.36. The second-order valence-corrected chi connectivity index (χ2v) is 16.0.